The van der Waals surface area contributed by atoms with Gasteiger partial charge in [-0.3, -0.25) is 9.59 Å². The highest BCUT2D eigenvalue weighted by Gasteiger charge is 2.35. The highest BCUT2D eigenvalue weighted by molar-refractivity contribution is 6.30. The van der Waals surface area contributed by atoms with Gasteiger partial charge in [0.05, 0.1) is 11.3 Å². The first-order valence-electron chi connectivity index (χ1n) is 8.09. The molecule has 2 rings (SSSR count). The first-order valence-corrected chi connectivity index (χ1v) is 8.47. The molecule has 0 aliphatic heterocycles. The molecule has 0 fully saturated rings. The number of nitrogens with zero attached hydrogens (tertiary/aromatic N) is 1. The van der Waals surface area contributed by atoms with E-state index in [0.29, 0.717) is 5.56 Å². The highest BCUT2D eigenvalue weighted by atomic mass is 35.5. The first kappa shape index (κ1) is 20.8. The van der Waals surface area contributed by atoms with Gasteiger partial charge in [0.2, 0.25) is 5.91 Å². The van der Waals surface area contributed by atoms with Crippen molar-refractivity contribution in [3.8, 4) is 0 Å². The Bertz CT molecular complexity index is 853. The summed E-state index contributed by atoms with van der Waals surface area (Å²) in [6.45, 7) is 2.88. The molecule has 1 N–H and O–H groups in total. The SMILES string of the molecule is CC(=O)N(CCNC(=O)c1cccc(C)c1)c1ccc(Cl)cc1C(F)(F)F. The summed E-state index contributed by atoms with van der Waals surface area (Å²) in [5, 5.41) is 2.53. The van der Waals surface area contributed by atoms with Gasteiger partial charge in [-0.05, 0) is 37.3 Å². The van der Waals surface area contributed by atoms with Crippen LogP contribution in [0.25, 0.3) is 0 Å². The monoisotopic (exact) mass is 398 g/mol. The number of hydrogen-bond donors (Lipinski definition) is 1. The lowest BCUT2D eigenvalue weighted by Gasteiger charge is -2.25. The maximum Gasteiger partial charge on any atom is 0.418 e. The zero-order valence-corrected chi connectivity index (χ0v) is 15.5. The van der Waals surface area contributed by atoms with E-state index in [0.717, 1.165) is 29.5 Å². The van der Waals surface area contributed by atoms with Crippen LogP contribution in [0.1, 0.15) is 28.4 Å². The predicted octanol–water partition coefficient (Wildman–Crippen LogP) is 4.45. The number of alkyl halides is 3. The molecule has 0 spiro atoms. The van der Waals surface area contributed by atoms with Crippen molar-refractivity contribution >= 4 is 29.1 Å². The molecule has 2 amide bonds. The molecular weight excluding hydrogens is 381 g/mol. The number of halogens is 4. The van der Waals surface area contributed by atoms with Crippen LogP contribution in [0, 0.1) is 6.92 Å². The van der Waals surface area contributed by atoms with E-state index in [9.17, 15) is 22.8 Å². The third-order valence-corrected chi connectivity index (χ3v) is 4.07. The van der Waals surface area contributed by atoms with Gasteiger partial charge in [0.25, 0.3) is 5.91 Å². The Labute approximate surface area is 159 Å². The second kappa shape index (κ2) is 8.43. The number of rotatable bonds is 5. The summed E-state index contributed by atoms with van der Waals surface area (Å²) in [6.07, 6.45) is -4.67. The van der Waals surface area contributed by atoms with Crippen LogP contribution in [0.2, 0.25) is 5.02 Å². The molecule has 0 aliphatic carbocycles. The number of amides is 2. The summed E-state index contributed by atoms with van der Waals surface area (Å²) in [6, 6.07) is 10.1. The van der Waals surface area contributed by atoms with E-state index in [4.69, 9.17) is 11.6 Å². The molecule has 0 radical (unpaired) electrons. The lowest BCUT2D eigenvalue weighted by Crippen LogP contribution is -2.38. The second-order valence-corrected chi connectivity index (χ2v) is 6.39. The molecule has 0 bridgehead atoms. The van der Waals surface area contributed by atoms with Crippen molar-refractivity contribution in [2.75, 3.05) is 18.0 Å². The van der Waals surface area contributed by atoms with Crippen molar-refractivity contribution in [3.63, 3.8) is 0 Å². The molecule has 2 aromatic carbocycles. The van der Waals surface area contributed by atoms with Gasteiger partial charge in [-0.2, -0.15) is 13.2 Å². The van der Waals surface area contributed by atoms with E-state index in [2.05, 4.69) is 5.32 Å². The normalized spacial score (nSPS) is 11.2. The Balaban J connectivity index is 2.15. The van der Waals surface area contributed by atoms with Crippen molar-refractivity contribution in [1.82, 2.24) is 5.32 Å². The molecular formula is C19H18ClF3N2O2. The summed E-state index contributed by atoms with van der Waals surface area (Å²) in [4.78, 5) is 25.0. The zero-order chi connectivity index (χ0) is 20.2. The molecule has 0 heterocycles. The van der Waals surface area contributed by atoms with Gasteiger partial charge >= 0.3 is 6.18 Å². The van der Waals surface area contributed by atoms with E-state index in [1.807, 2.05) is 13.0 Å². The average Bonchev–Trinajstić information content (AvgIpc) is 2.58. The van der Waals surface area contributed by atoms with Gasteiger partial charge in [-0.25, -0.2) is 0 Å². The van der Waals surface area contributed by atoms with Gasteiger partial charge in [0.15, 0.2) is 0 Å². The number of anilines is 1. The minimum Gasteiger partial charge on any atom is -0.350 e. The fraction of sp³-hybridized carbons (Fsp3) is 0.263. The standard InChI is InChI=1S/C19H18ClF3N2O2/c1-12-4-3-5-14(10-12)18(27)24-8-9-25(13(2)26)17-7-6-15(20)11-16(17)19(21,22)23/h3-7,10-11H,8-9H2,1-2H3,(H,24,27). The van der Waals surface area contributed by atoms with Crippen LogP contribution in [0.5, 0.6) is 0 Å². The first-order chi connectivity index (χ1) is 12.6. The van der Waals surface area contributed by atoms with Crippen LogP contribution in [-0.2, 0) is 11.0 Å². The number of carbonyl (C=O) groups excluding carboxylic acids is 2. The quantitative estimate of drug-likeness (QED) is 0.809. The maximum atomic E-state index is 13.3. The molecule has 144 valence electrons. The number of benzene rings is 2. The predicted molar refractivity (Wildman–Crippen MR) is 98.0 cm³/mol. The molecule has 0 saturated heterocycles. The van der Waals surface area contributed by atoms with Crippen molar-refractivity contribution < 1.29 is 22.8 Å². The highest BCUT2D eigenvalue weighted by Crippen LogP contribution is 2.38. The van der Waals surface area contributed by atoms with E-state index < -0.39 is 17.6 Å². The van der Waals surface area contributed by atoms with E-state index in [-0.39, 0.29) is 29.7 Å². The number of carbonyl (C=O) groups is 2. The van der Waals surface area contributed by atoms with Crippen LogP contribution >= 0.6 is 11.6 Å². The Kier molecular flexibility index (Phi) is 6.49. The Hall–Kier alpha value is -2.54. The molecule has 0 unspecified atom stereocenters. The Morgan fingerprint density at radius 1 is 1.15 bits per heavy atom. The molecule has 27 heavy (non-hydrogen) atoms. The molecule has 0 saturated carbocycles. The molecule has 0 atom stereocenters. The van der Waals surface area contributed by atoms with Crippen molar-refractivity contribution in [1.29, 1.82) is 0 Å². The fourth-order valence-corrected chi connectivity index (χ4v) is 2.76. The maximum absolute atomic E-state index is 13.3. The summed E-state index contributed by atoms with van der Waals surface area (Å²) in [7, 11) is 0. The minimum atomic E-state index is -4.67. The van der Waals surface area contributed by atoms with Gasteiger partial charge < -0.3 is 10.2 Å². The third kappa shape index (κ3) is 5.47. The van der Waals surface area contributed by atoms with Crippen LogP contribution in [0.3, 0.4) is 0 Å². The van der Waals surface area contributed by atoms with Gasteiger partial charge in [-0.15, -0.1) is 0 Å². The molecule has 4 nitrogen and oxygen atoms in total. The smallest absolute Gasteiger partial charge is 0.350 e. The topological polar surface area (TPSA) is 49.4 Å². The molecule has 0 aliphatic rings. The lowest BCUT2D eigenvalue weighted by molar-refractivity contribution is -0.137. The van der Waals surface area contributed by atoms with Gasteiger partial charge in [0, 0.05) is 30.6 Å². The van der Waals surface area contributed by atoms with Crippen LogP contribution < -0.4 is 10.2 Å². The number of hydrogen-bond acceptors (Lipinski definition) is 2. The molecule has 2 aromatic rings. The zero-order valence-electron chi connectivity index (χ0n) is 14.7. The Morgan fingerprint density at radius 3 is 2.44 bits per heavy atom. The van der Waals surface area contributed by atoms with Crippen molar-refractivity contribution in [2.45, 2.75) is 20.0 Å². The Morgan fingerprint density at radius 2 is 1.85 bits per heavy atom. The van der Waals surface area contributed by atoms with E-state index in [1.165, 1.54) is 6.07 Å². The molecule has 8 heteroatoms. The minimum absolute atomic E-state index is 0.00766. The van der Waals surface area contributed by atoms with Crippen molar-refractivity contribution in [2.24, 2.45) is 0 Å². The molecule has 0 aromatic heterocycles. The van der Waals surface area contributed by atoms with Gasteiger partial charge in [0.1, 0.15) is 0 Å². The van der Waals surface area contributed by atoms with Crippen LogP contribution in [-0.4, -0.2) is 24.9 Å². The fourth-order valence-electron chi connectivity index (χ4n) is 2.59. The number of aryl methyl sites for hydroxylation is 1. The summed E-state index contributed by atoms with van der Waals surface area (Å²) in [5.41, 5.74) is 0.0373. The largest absolute Gasteiger partial charge is 0.418 e. The number of nitrogens with one attached hydrogen (secondary N) is 1. The lowest BCUT2D eigenvalue weighted by atomic mass is 10.1. The third-order valence-electron chi connectivity index (χ3n) is 3.84. The van der Waals surface area contributed by atoms with Crippen LogP contribution in [0.15, 0.2) is 42.5 Å². The van der Waals surface area contributed by atoms with Crippen molar-refractivity contribution in [3.05, 3.63) is 64.2 Å². The average molecular weight is 399 g/mol. The van der Waals surface area contributed by atoms with Gasteiger partial charge in [-0.1, -0.05) is 29.3 Å². The van der Waals surface area contributed by atoms with E-state index in [1.54, 1.807) is 18.2 Å². The van der Waals surface area contributed by atoms with E-state index >= 15 is 0 Å². The summed E-state index contributed by atoms with van der Waals surface area (Å²) < 4.78 is 39.9. The second-order valence-electron chi connectivity index (χ2n) is 5.96. The summed E-state index contributed by atoms with van der Waals surface area (Å²) >= 11 is 5.67. The summed E-state index contributed by atoms with van der Waals surface area (Å²) in [5.74, 6) is -0.943. The van der Waals surface area contributed by atoms with Crippen LogP contribution in [0.4, 0.5) is 18.9 Å².